The van der Waals surface area contributed by atoms with Crippen LogP contribution in [0.3, 0.4) is 0 Å². The summed E-state index contributed by atoms with van der Waals surface area (Å²) in [5, 5.41) is 23.0. The number of methoxy groups -OCH3 is 5. The zero-order chi connectivity index (χ0) is 101. The van der Waals surface area contributed by atoms with E-state index in [1.807, 2.05) is 187 Å². The van der Waals surface area contributed by atoms with Gasteiger partial charge in [-0.25, -0.2) is 38.1 Å². The average molecular weight is 2040 g/mol. The maximum Gasteiger partial charge on any atom is 0.490 e. The number of benzene rings is 2. The van der Waals surface area contributed by atoms with E-state index >= 15 is 0 Å². The molecule has 0 bridgehead atoms. The molecular formula is C104H143BBrClF2N16O16. The number of hydrogen-bond acceptors (Lipinski definition) is 28. The SMILES string of the molecule is CC(C)(C)OC(=O)N1CC=C(B2OC(C)(C)C(C)(C)O2)CC1.CN(CCO)c1ccc2nc(C3(F)CC3)[nH]c(=O)c2c1.COc1ccncc1Br.COc1ccncc1C1=CCN(C(=O)OC(C)(C)C)CC1.COc1ccncc1C1CCN(C(=O)OC(C)(C)C)CC1.COc1ccncc1C1CCN(c2nc(C3(F)CC3)nc3ccc(N(C)CCO)cc23)CC1.COc1ccncc1C1CCNCC1.Cl. The number of hydrogen-bond donors (Lipinski definition) is 4. The summed E-state index contributed by atoms with van der Waals surface area (Å²) in [4.78, 5) is 96.3. The lowest BCUT2D eigenvalue weighted by Gasteiger charge is -2.34. The van der Waals surface area contributed by atoms with Crippen molar-refractivity contribution in [2.24, 2.45) is 0 Å². The number of fused-ring (bicyclic) bond motifs is 2. The maximum absolute atomic E-state index is 15.0. The number of piperidine rings is 3. The van der Waals surface area contributed by atoms with E-state index < -0.39 is 28.1 Å². The number of nitrogens with zero attached hydrogens (tertiary/aromatic N) is 14. The first-order chi connectivity index (χ1) is 66.5. The van der Waals surface area contributed by atoms with Gasteiger partial charge in [0.05, 0.1) is 80.9 Å². The Morgan fingerprint density at radius 1 is 0.511 bits per heavy atom. The molecule has 17 rings (SSSR count). The first-order valence-electron chi connectivity index (χ1n) is 48.1. The van der Waals surface area contributed by atoms with Gasteiger partial charge in [0.15, 0.2) is 17.2 Å². The van der Waals surface area contributed by atoms with E-state index in [2.05, 4.69) is 72.1 Å². The van der Waals surface area contributed by atoms with Gasteiger partial charge in [0.25, 0.3) is 5.56 Å². The lowest BCUT2D eigenvalue weighted by Crippen LogP contribution is -2.41. The van der Waals surface area contributed by atoms with Crippen LogP contribution < -0.4 is 49.3 Å². The number of aromatic amines is 1. The molecule has 141 heavy (non-hydrogen) atoms. The van der Waals surface area contributed by atoms with Crippen LogP contribution in [0.15, 0.2) is 156 Å². The number of carbonyl (C=O) groups excluding carboxylic acids is 3. The monoisotopic (exact) mass is 2030 g/mol. The molecule has 2 aromatic carbocycles. The first kappa shape index (κ1) is 112. The number of H-pyrrole nitrogens is 1. The highest BCUT2D eigenvalue weighted by molar-refractivity contribution is 9.10. The summed E-state index contributed by atoms with van der Waals surface area (Å²) >= 11 is 3.27. The quantitative estimate of drug-likeness (QED) is 0.0431. The summed E-state index contributed by atoms with van der Waals surface area (Å²) in [6.45, 7) is 33.8. The van der Waals surface area contributed by atoms with Gasteiger partial charge < -0.3 is 97.1 Å². The number of ether oxygens (including phenoxy) is 8. The third-order valence-electron chi connectivity index (χ3n) is 25.6. The highest BCUT2D eigenvalue weighted by atomic mass is 79.9. The number of aliphatic hydroxyl groups excluding tert-OH is 2. The third-order valence-corrected chi connectivity index (χ3v) is 26.2. The highest BCUT2D eigenvalue weighted by Crippen LogP contribution is 2.51. The number of likely N-dealkylation sites (tertiary alicyclic amines) is 1. The number of aromatic nitrogens is 9. The minimum atomic E-state index is -1.44. The standard InChI is InChI=1S/C25H30FN5O2.C16H28BNO4.C16H24N2O3.C16H22N2O3.C14H16FN3O2.C11H16N2O.C6H6BrNO.ClH/c1-30(13-14-32)18-3-4-21-19(15-18)23(29-24(28-21)25(26)8-9-25)31-11-6-17(7-12-31)20-16-27-10-5-22(20)33-2;1-14(2,3)20-13(19)18-10-8-12(9-11-18)17-21-15(4,5)16(6,7)22-17;2*1-16(2,3)21-15(19)18-9-6-12(7-10-18)13-11-17-8-5-14(13)20-4;1-18(6-7-19)9-2-3-11-10(8-9)12(20)17-13(16-11)14(15)4-5-14;1-14-11-4-7-13-8-10(11)9-2-5-12-6-3-9;1-9-6-2-3-8-4-5(6)7;/h3-5,10,15-17,32H,6-9,11-14H2,1-2H3;8H,9-11H2,1-7H3;5,8,11-12H,6-7,9-10H2,1-4H3;5-6,8,11H,7,9-10H2,1-4H3;2-3,8,19H,4-7H2,1H3,(H,16,17,20);4,7-9,12H,2-3,5-6H2,1H3;2-4H,1H3;1H. The first-order valence-corrected chi connectivity index (χ1v) is 48.9. The van der Waals surface area contributed by atoms with Crippen LogP contribution in [0.25, 0.3) is 27.4 Å². The summed E-state index contributed by atoms with van der Waals surface area (Å²) in [5.41, 5.74) is 4.62. The molecule has 0 unspecified atom stereocenters. The van der Waals surface area contributed by atoms with E-state index in [9.17, 15) is 33.1 Å². The Labute approximate surface area is 842 Å². The van der Waals surface area contributed by atoms with Crippen LogP contribution >= 0.6 is 28.3 Å². The summed E-state index contributed by atoms with van der Waals surface area (Å²) in [6, 6.07) is 20.6. The van der Waals surface area contributed by atoms with Crippen molar-refractivity contribution in [3.05, 3.63) is 195 Å². The summed E-state index contributed by atoms with van der Waals surface area (Å²) in [6.07, 6.45) is 30.5. The Hall–Kier alpha value is -11.1. The van der Waals surface area contributed by atoms with E-state index in [1.54, 1.807) is 112 Å². The lowest BCUT2D eigenvalue weighted by atomic mass is 9.75. The van der Waals surface area contributed by atoms with Crippen molar-refractivity contribution in [3.63, 3.8) is 0 Å². The van der Waals surface area contributed by atoms with Gasteiger partial charge in [0.2, 0.25) is 0 Å². The molecule has 37 heteroatoms. The molecule has 7 aromatic heterocycles. The molecule has 9 aromatic rings. The molecule has 0 spiro atoms. The van der Waals surface area contributed by atoms with Crippen LogP contribution in [0.4, 0.5) is 40.4 Å². The smallest absolute Gasteiger partial charge is 0.490 e. The van der Waals surface area contributed by atoms with Crippen molar-refractivity contribution in [3.8, 4) is 28.7 Å². The lowest BCUT2D eigenvalue weighted by molar-refractivity contribution is 0.00578. The van der Waals surface area contributed by atoms with E-state index in [-0.39, 0.29) is 73.6 Å². The largest absolute Gasteiger partial charge is 0.496 e. The van der Waals surface area contributed by atoms with Gasteiger partial charge in [-0.2, -0.15) is 0 Å². The molecule has 3 amide bonds. The van der Waals surface area contributed by atoms with Crippen molar-refractivity contribution in [1.82, 2.24) is 64.9 Å². The molecule has 2 saturated carbocycles. The number of carbonyl (C=O) groups is 3. The number of pyridine rings is 5. The molecule has 32 nitrogen and oxygen atoms in total. The Bertz CT molecular complexity index is 5730. The zero-order valence-corrected chi connectivity index (χ0v) is 87.8. The number of nitrogens with one attached hydrogen (secondary N) is 2. The van der Waals surface area contributed by atoms with Gasteiger partial charge in [-0.1, -0.05) is 12.2 Å². The fraction of sp³-hybridized carbons (Fsp3) is 0.538. The third kappa shape index (κ3) is 31.2. The number of halogens is 4. The van der Waals surface area contributed by atoms with Crippen LogP contribution in [0.1, 0.15) is 219 Å². The predicted molar refractivity (Wildman–Crippen MR) is 551 cm³/mol. The Morgan fingerprint density at radius 3 is 1.34 bits per heavy atom. The Balaban J connectivity index is 0.000000173. The fourth-order valence-corrected chi connectivity index (χ4v) is 17.0. The fourth-order valence-electron chi connectivity index (χ4n) is 16.6. The van der Waals surface area contributed by atoms with Crippen molar-refractivity contribution < 1.29 is 80.6 Å². The molecular weight excluding hydrogens is 1890 g/mol. The van der Waals surface area contributed by atoms with E-state index in [0.29, 0.717) is 113 Å². The van der Waals surface area contributed by atoms with Gasteiger partial charge in [0.1, 0.15) is 57.2 Å². The minimum Gasteiger partial charge on any atom is -0.496 e. The molecule has 0 radical (unpaired) electrons. The van der Waals surface area contributed by atoms with Crippen molar-refractivity contribution in [2.75, 3.05) is 156 Å². The van der Waals surface area contributed by atoms with Crippen molar-refractivity contribution in [1.29, 1.82) is 0 Å². The summed E-state index contributed by atoms with van der Waals surface area (Å²) in [7, 11) is 11.8. The molecule has 13 heterocycles. The average Bonchev–Trinajstić information content (AvgIpc) is 1.66. The second kappa shape index (κ2) is 50.2. The minimum absolute atomic E-state index is 0. The highest BCUT2D eigenvalue weighted by Gasteiger charge is 2.53. The second-order valence-corrected chi connectivity index (χ2v) is 40.7. The van der Waals surface area contributed by atoms with Gasteiger partial charge in [0, 0.05) is 181 Å². The van der Waals surface area contributed by atoms with Gasteiger partial charge in [-0.3, -0.25) is 29.7 Å². The summed E-state index contributed by atoms with van der Waals surface area (Å²) < 4.78 is 84.7. The number of aliphatic hydroxyl groups is 2. The van der Waals surface area contributed by atoms with Crippen molar-refractivity contribution >= 4 is 98.3 Å². The van der Waals surface area contributed by atoms with Gasteiger partial charge in [-0.05, 0) is 292 Å². The van der Waals surface area contributed by atoms with Gasteiger partial charge in [-0.15, -0.1) is 12.4 Å². The molecule has 4 N–H and O–H groups in total. The molecule has 6 fully saturated rings. The van der Waals surface area contributed by atoms with E-state index in [4.69, 9.17) is 57.3 Å². The number of likely N-dealkylation sites (N-methyl/N-ethyl adjacent to an activating group) is 2. The van der Waals surface area contributed by atoms with Crippen LogP contribution in [0.2, 0.25) is 0 Å². The molecule has 0 atom stereocenters. The Morgan fingerprint density at radius 2 is 0.922 bits per heavy atom. The molecule has 2 aliphatic carbocycles. The van der Waals surface area contributed by atoms with Crippen LogP contribution in [-0.2, 0) is 34.9 Å². The predicted octanol–water partition coefficient (Wildman–Crippen LogP) is 18.5. The molecule has 4 saturated heterocycles. The maximum atomic E-state index is 15.0. The van der Waals surface area contributed by atoms with E-state index in [1.165, 1.54) is 18.4 Å². The second-order valence-electron chi connectivity index (χ2n) is 39.8. The molecule has 8 aliphatic rings. The number of anilines is 3. The number of rotatable bonds is 19. The van der Waals surface area contributed by atoms with Gasteiger partial charge >= 0.3 is 25.4 Å². The number of alkyl halides is 2. The zero-order valence-electron chi connectivity index (χ0n) is 85.4. The van der Waals surface area contributed by atoms with Crippen LogP contribution in [-0.4, -0.2) is 265 Å². The van der Waals surface area contributed by atoms with Crippen LogP contribution in [0.5, 0.6) is 28.7 Å². The van der Waals surface area contributed by atoms with Crippen molar-refractivity contribution in [2.45, 2.75) is 224 Å². The number of amides is 3. The molecule has 766 valence electrons. The van der Waals surface area contributed by atoms with Crippen LogP contribution in [0, 0.1) is 0 Å². The van der Waals surface area contributed by atoms with E-state index in [0.717, 1.165) is 154 Å². The topological polar surface area (TPSA) is 351 Å². The Kier molecular flexibility index (Phi) is 39.8. The molecule has 6 aliphatic heterocycles. The normalized spacial score (nSPS) is 17.4. The summed E-state index contributed by atoms with van der Waals surface area (Å²) in [5.74, 6) is 6.94.